The van der Waals surface area contributed by atoms with Crippen molar-refractivity contribution >= 4 is 35.8 Å². The number of nitrogens with zero attached hydrogens (tertiary/aromatic N) is 2. The van der Waals surface area contributed by atoms with E-state index in [-0.39, 0.29) is 36.4 Å². The van der Waals surface area contributed by atoms with Gasteiger partial charge in [0.15, 0.2) is 5.96 Å². The summed E-state index contributed by atoms with van der Waals surface area (Å²) in [4.78, 5) is 17.7. The molecule has 0 radical (unpaired) electrons. The summed E-state index contributed by atoms with van der Waals surface area (Å²) >= 11 is 0. The molecule has 0 aromatic heterocycles. The number of amides is 1. The molecule has 1 amide bonds. The van der Waals surface area contributed by atoms with Crippen LogP contribution in [-0.2, 0) is 11.2 Å². The summed E-state index contributed by atoms with van der Waals surface area (Å²) in [5.41, 5.74) is 1.25. The van der Waals surface area contributed by atoms with Crippen LogP contribution in [0.25, 0.3) is 0 Å². The van der Waals surface area contributed by atoms with Gasteiger partial charge in [-0.25, -0.2) is 4.99 Å². The third-order valence-corrected chi connectivity index (χ3v) is 3.83. The van der Waals surface area contributed by atoms with Crippen LogP contribution >= 0.6 is 24.0 Å². The topological polar surface area (TPSA) is 66.0 Å². The molecule has 2 rings (SSSR count). The van der Waals surface area contributed by atoms with E-state index in [4.69, 9.17) is 4.74 Å². The number of hydrogen-bond acceptors (Lipinski definition) is 3. The Kier molecular flexibility index (Phi) is 11.7. The average molecular weight is 496 g/mol. The summed E-state index contributed by atoms with van der Waals surface area (Å²) in [6.45, 7) is 1.92. The van der Waals surface area contributed by atoms with Gasteiger partial charge in [-0.1, -0.05) is 48.5 Å². The van der Waals surface area contributed by atoms with Gasteiger partial charge < -0.3 is 20.3 Å². The molecule has 2 aromatic carbocycles. The van der Waals surface area contributed by atoms with Gasteiger partial charge in [0, 0.05) is 20.6 Å². The van der Waals surface area contributed by atoms with Crippen molar-refractivity contribution in [2.45, 2.75) is 6.42 Å². The molecule has 0 unspecified atom stereocenters. The van der Waals surface area contributed by atoms with Crippen LogP contribution in [0.1, 0.15) is 5.56 Å². The first-order valence-corrected chi connectivity index (χ1v) is 9.09. The van der Waals surface area contributed by atoms with Crippen LogP contribution in [0, 0.1) is 0 Å². The number of carbonyl (C=O) groups excluding carboxylic acids is 1. The quantitative estimate of drug-likeness (QED) is 0.243. The Morgan fingerprint density at radius 1 is 0.964 bits per heavy atom. The number of carbonyl (C=O) groups is 1. The lowest BCUT2D eigenvalue weighted by Gasteiger charge is -2.14. The number of benzene rings is 2. The Balaban J connectivity index is 0.00000392. The van der Waals surface area contributed by atoms with Crippen LogP contribution < -0.4 is 15.4 Å². The highest BCUT2D eigenvalue weighted by Crippen LogP contribution is 2.07. The second kappa shape index (κ2) is 13.8. The zero-order valence-electron chi connectivity index (χ0n) is 16.4. The molecule has 2 aromatic rings. The fraction of sp³-hybridized carbons (Fsp3) is 0.333. The molecule has 0 saturated carbocycles. The van der Waals surface area contributed by atoms with E-state index in [1.54, 1.807) is 14.1 Å². The highest BCUT2D eigenvalue weighted by molar-refractivity contribution is 14.0. The molecule has 0 aliphatic heterocycles. The van der Waals surface area contributed by atoms with E-state index in [2.05, 4.69) is 27.8 Å². The van der Waals surface area contributed by atoms with E-state index in [1.807, 2.05) is 48.5 Å². The minimum Gasteiger partial charge on any atom is -0.492 e. The maximum Gasteiger partial charge on any atom is 0.243 e. The molecule has 0 fully saturated rings. The molecular weight excluding hydrogens is 467 g/mol. The van der Waals surface area contributed by atoms with Crippen molar-refractivity contribution in [1.29, 1.82) is 0 Å². The SMILES string of the molecule is CN(C)C(=O)CN=C(NCCOc1ccccc1)NCCc1ccccc1.I. The number of likely N-dealkylation sites (N-methyl/N-ethyl adjacent to an activating group) is 1. The third kappa shape index (κ3) is 9.59. The van der Waals surface area contributed by atoms with Gasteiger partial charge in [0.05, 0.1) is 6.54 Å². The first kappa shape index (κ1) is 23.7. The number of para-hydroxylation sites is 1. The zero-order valence-corrected chi connectivity index (χ0v) is 18.8. The van der Waals surface area contributed by atoms with E-state index in [1.165, 1.54) is 10.5 Å². The van der Waals surface area contributed by atoms with Gasteiger partial charge in [-0.05, 0) is 24.1 Å². The summed E-state index contributed by atoms with van der Waals surface area (Å²) in [7, 11) is 3.45. The number of guanidine groups is 1. The van der Waals surface area contributed by atoms with Crippen molar-refractivity contribution in [3.05, 3.63) is 66.2 Å². The molecule has 6 nitrogen and oxygen atoms in total. The van der Waals surface area contributed by atoms with Gasteiger partial charge in [-0.2, -0.15) is 0 Å². The maximum atomic E-state index is 11.8. The van der Waals surface area contributed by atoms with Gasteiger partial charge in [0.2, 0.25) is 5.91 Å². The fourth-order valence-electron chi connectivity index (χ4n) is 2.29. The van der Waals surface area contributed by atoms with E-state index >= 15 is 0 Å². The molecule has 0 aliphatic carbocycles. The summed E-state index contributed by atoms with van der Waals surface area (Å²) in [5.74, 6) is 1.40. The summed E-state index contributed by atoms with van der Waals surface area (Å²) < 4.78 is 5.67. The van der Waals surface area contributed by atoms with E-state index in [0.717, 1.165) is 18.7 Å². The smallest absolute Gasteiger partial charge is 0.243 e. The number of halogens is 1. The standard InChI is InChI=1S/C21H28N4O2.HI/c1-25(2)20(26)17-24-21(22-14-13-18-9-5-3-6-10-18)23-15-16-27-19-11-7-4-8-12-19;/h3-12H,13-17H2,1-2H3,(H2,22,23,24);1H. The molecule has 0 saturated heterocycles. The third-order valence-electron chi connectivity index (χ3n) is 3.83. The normalized spacial score (nSPS) is 10.6. The molecule has 7 heteroatoms. The minimum atomic E-state index is -0.0419. The molecule has 0 bridgehead atoms. The van der Waals surface area contributed by atoms with Crippen LogP contribution in [-0.4, -0.2) is 57.1 Å². The van der Waals surface area contributed by atoms with Gasteiger partial charge in [0.25, 0.3) is 0 Å². The largest absolute Gasteiger partial charge is 0.492 e. The lowest BCUT2D eigenvalue weighted by molar-refractivity contribution is -0.127. The second-order valence-electron chi connectivity index (χ2n) is 6.20. The molecule has 0 spiro atoms. The zero-order chi connectivity index (χ0) is 19.3. The monoisotopic (exact) mass is 496 g/mol. The van der Waals surface area contributed by atoms with E-state index < -0.39 is 0 Å². The van der Waals surface area contributed by atoms with E-state index in [0.29, 0.717) is 19.1 Å². The number of ether oxygens (including phenoxy) is 1. The number of hydrogen-bond donors (Lipinski definition) is 2. The lowest BCUT2D eigenvalue weighted by Crippen LogP contribution is -2.41. The van der Waals surface area contributed by atoms with Gasteiger partial charge in [-0.3, -0.25) is 4.79 Å². The van der Waals surface area contributed by atoms with Crippen LogP contribution in [0.2, 0.25) is 0 Å². The number of aliphatic imine (C=N–C) groups is 1. The van der Waals surface area contributed by atoms with Crippen molar-refractivity contribution in [2.24, 2.45) is 4.99 Å². The lowest BCUT2D eigenvalue weighted by atomic mass is 10.1. The van der Waals surface area contributed by atoms with Crippen molar-refractivity contribution in [1.82, 2.24) is 15.5 Å². The molecule has 152 valence electrons. The van der Waals surface area contributed by atoms with Crippen molar-refractivity contribution < 1.29 is 9.53 Å². The van der Waals surface area contributed by atoms with Crippen LogP contribution in [0.5, 0.6) is 5.75 Å². The molecule has 0 heterocycles. The Hall–Kier alpha value is -2.29. The van der Waals surface area contributed by atoms with Gasteiger partial charge >= 0.3 is 0 Å². The Labute approximate surface area is 184 Å². The van der Waals surface area contributed by atoms with Crippen molar-refractivity contribution in [2.75, 3.05) is 40.3 Å². The van der Waals surface area contributed by atoms with Gasteiger partial charge in [0.1, 0.15) is 18.9 Å². The second-order valence-corrected chi connectivity index (χ2v) is 6.20. The first-order chi connectivity index (χ1) is 13.1. The molecule has 28 heavy (non-hydrogen) atoms. The Bertz CT molecular complexity index is 709. The molecule has 2 N–H and O–H groups in total. The van der Waals surface area contributed by atoms with Crippen molar-refractivity contribution in [3.8, 4) is 5.75 Å². The molecule has 0 aliphatic rings. The highest BCUT2D eigenvalue weighted by atomic mass is 127. The number of rotatable bonds is 9. The van der Waals surface area contributed by atoms with Crippen LogP contribution in [0.3, 0.4) is 0 Å². The molecule has 0 atom stereocenters. The number of nitrogens with one attached hydrogen (secondary N) is 2. The van der Waals surface area contributed by atoms with Crippen molar-refractivity contribution in [3.63, 3.8) is 0 Å². The first-order valence-electron chi connectivity index (χ1n) is 9.09. The fourth-order valence-corrected chi connectivity index (χ4v) is 2.29. The Morgan fingerprint density at radius 2 is 1.57 bits per heavy atom. The van der Waals surface area contributed by atoms with Gasteiger partial charge in [-0.15, -0.1) is 24.0 Å². The predicted octanol–water partition coefficient (Wildman–Crippen LogP) is 2.55. The highest BCUT2D eigenvalue weighted by Gasteiger charge is 2.04. The summed E-state index contributed by atoms with van der Waals surface area (Å²) in [6.07, 6.45) is 0.879. The van der Waals surface area contributed by atoms with E-state index in [9.17, 15) is 4.79 Å². The average Bonchev–Trinajstić information content (AvgIpc) is 2.70. The molecular formula is C21H29IN4O2. The minimum absolute atomic E-state index is 0. The van der Waals surface area contributed by atoms with Crippen LogP contribution in [0.15, 0.2) is 65.7 Å². The Morgan fingerprint density at radius 3 is 2.21 bits per heavy atom. The van der Waals surface area contributed by atoms with Crippen LogP contribution in [0.4, 0.5) is 0 Å². The maximum absolute atomic E-state index is 11.8. The summed E-state index contributed by atoms with van der Waals surface area (Å²) in [5, 5.41) is 6.49. The predicted molar refractivity (Wildman–Crippen MR) is 124 cm³/mol. The summed E-state index contributed by atoms with van der Waals surface area (Å²) in [6, 6.07) is 19.9.